The lowest BCUT2D eigenvalue weighted by Gasteiger charge is -2.32. The van der Waals surface area contributed by atoms with Crippen LogP contribution in [0.5, 0.6) is 0 Å². The van der Waals surface area contributed by atoms with Crippen LogP contribution in [0.2, 0.25) is 0 Å². The Labute approximate surface area is 220 Å². The molecule has 0 bridgehead atoms. The molecule has 1 amide bonds. The van der Waals surface area contributed by atoms with Gasteiger partial charge in [-0.25, -0.2) is 0 Å². The molecule has 3 N–H and O–H groups in total. The van der Waals surface area contributed by atoms with E-state index in [1.165, 1.54) is 5.56 Å². The van der Waals surface area contributed by atoms with Crippen molar-refractivity contribution >= 4 is 30.1 Å². The number of carbonyl (C=O) groups is 1. The summed E-state index contributed by atoms with van der Waals surface area (Å²) in [6, 6.07) is 12.2. The van der Waals surface area contributed by atoms with Gasteiger partial charge in [0.25, 0.3) is 5.91 Å². The van der Waals surface area contributed by atoms with Gasteiger partial charge >= 0.3 is 0 Å². The number of hydrogen-bond acceptors (Lipinski definition) is 5. The van der Waals surface area contributed by atoms with E-state index in [-0.39, 0.29) is 5.91 Å². The maximum Gasteiger partial charge on any atom is 0.253 e. The van der Waals surface area contributed by atoms with E-state index < -0.39 is 0 Å². The van der Waals surface area contributed by atoms with Crippen LogP contribution in [0.1, 0.15) is 47.3 Å². The molecule has 1 aliphatic heterocycles. The number of benzene rings is 1. The van der Waals surface area contributed by atoms with Gasteiger partial charge in [-0.05, 0) is 73.8 Å². The number of likely N-dealkylation sites (tertiary alicyclic amines) is 1. The first-order valence-electron chi connectivity index (χ1n) is 12.8. The lowest BCUT2D eigenvalue weighted by atomic mass is 9.89. The Hall–Kier alpha value is -3.49. The first-order chi connectivity index (χ1) is 17.7. The number of aryl methyl sites for hydroxylation is 1. The number of aromatic amines is 1. The monoisotopic (exact) mass is 503 g/mol. The molecule has 1 aliphatic rings. The standard InChI is InChI=1S/C29H41N7O/c1-21-19-26(35(6)33-15-11-27(21)28(22(2)31-3)32-16-14-30)20-36-17-12-24(13-18-36)23-7-9-25(10-8-23)29(37)34(4)5/h7-11,15-16,19,24,33H,1,12-14,17-18,20,30H2,2-6H3/b15-11?,26-19?,28-27-,31-22?,32-16?. The lowest BCUT2D eigenvalue weighted by Crippen LogP contribution is -2.34. The number of nitrogens with zero attached hydrogens (tertiary/aromatic N) is 5. The van der Waals surface area contributed by atoms with Crippen molar-refractivity contribution in [2.45, 2.75) is 32.2 Å². The SMILES string of the molecule is C=c1cc(CN2CCC(c3ccc(C(=O)N(C)C)cc3)CC2)n(C)[nH]cc/c1=C(/N=CCN)C(C)=NC. The molecule has 0 spiro atoms. The maximum absolute atomic E-state index is 12.2. The van der Waals surface area contributed by atoms with E-state index in [0.717, 1.165) is 65.6 Å². The van der Waals surface area contributed by atoms with Gasteiger partial charge < -0.3 is 15.7 Å². The van der Waals surface area contributed by atoms with Crippen LogP contribution in [-0.4, -0.2) is 78.2 Å². The Morgan fingerprint density at radius 1 is 1.22 bits per heavy atom. The highest BCUT2D eigenvalue weighted by atomic mass is 16.2. The van der Waals surface area contributed by atoms with Crippen molar-refractivity contribution < 1.29 is 4.79 Å². The number of nitrogens with two attached hydrogens (primary N) is 1. The Morgan fingerprint density at radius 3 is 2.49 bits per heavy atom. The quantitative estimate of drug-likeness (QED) is 0.567. The van der Waals surface area contributed by atoms with Gasteiger partial charge in [-0.15, -0.1) is 0 Å². The summed E-state index contributed by atoms with van der Waals surface area (Å²) in [5, 5.41) is 5.14. The van der Waals surface area contributed by atoms with Gasteiger partial charge in [-0.3, -0.25) is 24.4 Å². The largest absolute Gasteiger partial charge is 0.345 e. The summed E-state index contributed by atoms with van der Waals surface area (Å²) < 4.78 is 2.04. The molecule has 1 aromatic carbocycles. The van der Waals surface area contributed by atoms with Crippen molar-refractivity contribution in [3.63, 3.8) is 0 Å². The smallest absolute Gasteiger partial charge is 0.253 e. The van der Waals surface area contributed by atoms with E-state index in [1.54, 1.807) is 32.3 Å². The third-order valence-corrected chi connectivity index (χ3v) is 6.90. The first kappa shape index (κ1) is 28.1. The number of amides is 1. The van der Waals surface area contributed by atoms with Crippen molar-refractivity contribution in [2.75, 3.05) is 40.8 Å². The number of nitrogens with one attached hydrogen (secondary N) is 1. The van der Waals surface area contributed by atoms with Gasteiger partial charge in [-0.2, -0.15) is 0 Å². The highest BCUT2D eigenvalue weighted by Gasteiger charge is 2.21. The van der Waals surface area contributed by atoms with E-state index in [2.05, 4.69) is 44.8 Å². The molecule has 1 fully saturated rings. The third-order valence-electron chi connectivity index (χ3n) is 6.90. The molecule has 1 aromatic heterocycles. The average molecular weight is 504 g/mol. The number of aliphatic imine (C=N–C) groups is 2. The first-order valence-corrected chi connectivity index (χ1v) is 12.8. The minimum atomic E-state index is 0.0384. The summed E-state index contributed by atoms with van der Waals surface area (Å²) in [4.78, 5) is 25.2. The average Bonchev–Trinajstić information content (AvgIpc) is 2.90. The molecular formula is C29H41N7O. The van der Waals surface area contributed by atoms with Crippen molar-refractivity contribution in [1.29, 1.82) is 0 Å². The Bertz CT molecular complexity index is 1290. The summed E-state index contributed by atoms with van der Waals surface area (Å²) >= 11 is 0. The van der Waals surface area contributed by atoms with Crippen LogP contribution in [0.25, 0.3) is 12.3 Å². The van der Waals surface area contributed by atoms with Gasteiger partial charge in [0.2, 0.25) is 0 Å². The second-order valence-corrected chi connectivity index (χ2v) is 9.67. The minimum Gasteiger partial charge on any atom is -0.345 e. The topological polar surface area (TPSA) is 95.0 Å². The Kier molecular flexibility index (Phi) is 10.00. The predicted molar refractivity (Wildman–Crippen MR) is 154 cm³/mol. The van der Waals surface area contributed by atoms with Crippen molar-refractivity contribution in [1.82, 2.24) is 19.6 Å². The number of carbonyl (C=O) groups excluding carboxylic acids is 1. The molecule has 0 saturated carbocycles. The molecule has 0 atom stereocenters. The zero-order valence-electron chi connectivity index (χ0n) is 22.9. The van der Waals surface area contributed by atoms with Crippen molar-refractivity contribution in [2.24, 2.45) is 22.8 Å². The summed E-state index contributed by atoms with van der Waals surface area (Å²) in [6.07, 6.45) is 5.77. The molecule has 0 unspecified atom stereocenters. The highest BCUT2D eigenvalue weighted by molar-refractivity contribution is 6.17. The fourth-order valence-electron chi connectivity index (χ4n) is 4.60. The fraction of sp³-hybridized carbons (Fsp3) is 0.414. The molecule has 2 aromatic rings. The Morgan fingerprint density at radius 2 is 1.89 bits per heavy atom. The van der Waals surface area contributed by atoms with Crippen LogP contribution in [0.15, 0.2) is 52.6 Å². The van der Waals surface area contributed by atoms with E-state index in [9.17, 15) is 4.79 Å². The van der Waals surface area contributed by atoms with Crippen LogP contribution >= 0.6 is 0 Å². The molecule has 1 saturated heterocycles. The molecule has 198 valence electrons. The molecule has 0 aliphatic carbocycles. The lowest BCUT2D eigenvalue weighted by molar-refractivity contribution is 0.0827. The molecular weight excluding hydrogens is 462 g/mol. The van der Waals surface area contributed by atoms with Gasteiger partial charge in [0.05, 0.1) is 11.4 Å². The number of aromatic nitrogens is 2. The molecule has 3 rings (SSSR count). The van der Waals surface area contributed by atoms with Crippen molar-refractivity contribution in [3.8, 4) is 0 Å². The number of hydrogen-bond donors (Lipinski definition) is 2. The molecule has 8 heteroatoms. The zero-order chi connectivity index (χ0) is 26.9. The van der Waals surface area contributed by atoms with Gasteiger partial charge in [0, 0.05) is 70.2 Å². The van der Waals surface area contributed by atoms with Gasteiger partial charge in [-0.1, -0.05) is 18.7 Å². The molecule has 8 nitrogen and oxygen atoms in total. The second kappa shape index (κ2) is 13.2. The summed E-state index contributed by atoms with van der Waals surface area (Å²) in [5.41, 5.74) is 10.4. The van der Waals surface area contributed by atoms with Crippen LogP contribution in [0.3, 0.4) is 0 Å². The second-order valence-electron chi connectivity index (χ2n) is 9.67. The summed E-state index contributed by atoms with van der Waals surface area (Å²) in [6.45, 7) is 9.49. The van der Waals surface area contributed by atoms with E-state index >= 15 is 0 Å². The maximum atomic E-state index is 12.2. The van der Waals surface area contributed by atoms with E-state index in [4.69, 9.17) is 5.73 Å². The predicted octanol–water partition coefficient (Wildman–Crippen LogP) is 2.20. The molecule has 0 radical (unpaired) electrons. The van der Waals surface area contributed by atoms with E-state index in [0.29, 0.717) is 12.5 Å². The summed E-state index contributed by atoms with van der Waals surface area (Å²) in [7, 11) is 7.34. The summed E-state index contributed by atoms with van der Waals surface area (Å²) in [5.74, 6) is 0.546. The minimum absolute atomic E-state index is 0.0384. The normalized spacial score (nSPS) is 16.1. The Balaban J connectivity index is 1.80. The van der Waals surface area contributed by atoms with Crippen LogP contribution in [0.4, 0.5) is 0 Å². The van der Waals surface area contributed by atoms with Crippen LogP contribution in [-0.2, 0) is 13.6 Å². The van der Waals surface area contributed by atoms with Crippen LogP contribution < -0.4 is 16.2 Å². The number of rotatable bonds is 7. The number of piperidine rings is 1. The number of H-pyrrole nitrogens is 1. The molecule has 2 heterocycles. The zero-order valence-corrected chi connectivity index (χ0v) is 22.9. The van der Waals surface area contributed by atoms with Crippen molar-refractivity contribution in [3.05, 3.63) is 69.9 Å². The van der Waals surface area contributed by atoms with Gasteiger partial charge in [0.15, 0.2) is 0 Å². The molecule has 37 heavy (non-hydrogen) atoms. The highest BCUT2D eigenvalue weighted by Crippen LogP contribution is 2.28. The van der Waals surface area contributed by atoms with E-state index in [1.807, 2.05) is 43.0 Å². The fourth-order valence-corrected chi connectivity index (χ4v) is 4.60. The van der Waals surface area contributed by atoms with Crippen LogP contribution in [0, 0.1) is 0 Å². The van der Waals surface area contributed by atoms with Gasteiger partial charge in [0.1, 0.15) is 0 Å². The third kappa shape index (κ3) is 7.27.